The molecule has 0 saturated carbocycles. The van der Waals surface area contributed by atoms with Crippen LogP contribution in [0.5, 0.6) is 0 Å². The zero-order valence-electron chi connectivity index (χ0n) is 7.80. The number of nitrogens with two attached hydrogens (primary N) is 2. The first-order valence-corrected chi connectivity index (χ1v) is 4.13. The third-order valence-electron chi connectivity index (χ3n) is 1.92. The topological polar surface area (TPSA) is 108 Å². The van der Waals surface area contributed by atoms with Gasteiger partial charge in [0.1, 0.15) is 6.20 Å². The molecule has 0 saturated heterocycles. The van der Waals surface area contributed by atoms with E-state index in [-0.39, 0.29) is 18.3 Å². The van der Waals surface area contributed by atoms with Gasteiger partial charge in [-0.25, -0.2) is 0 Å². The molecule has 1 rings (SSSR count). The fraction of sp³-hybridized carbons (Fsp3) is 0.375. The first kappa shape index (κ1) is 10.6. The van der Waals surface area contributed by atoms with E-state index in [1.165, 1.54) is 12.3 Å². The first-order chi connectivity index (χ1) is 6.56. The minimum absolute atomic E-state index is 0.0320. The summed E-state index contributed by atoms with van der Waals surface area (Å²) in [6.07, 6.45) is 1.19. The Bertz CT molecular complexity index is 353. The smallest absolute Gasteiger partial charge is 0.287 e. The summed E-state index contributed by atoms with van der Waals surface area (Å²) in [7, 11) is 0. The highest BCUT2D eigenvalue weighted by atomic mass is 16.6. The molecule has 0 radical (unpaired) electrons. The van der Waals surface area contributed by atoms with Crippen molar-refractivity contribution in [3.05, 3.63) is 33.6 Å². The lowest BCUT2D eigenvalue weighted by Crippen LogP contribution is -2.22. The molecule has 0 amide bonds. The zero-order chi connectivity index (χ0) is 10.7. The van der Waals surface area contributed by atoms with Gasteiger partial charge in [0.2, 0.25) is 0 Å². The number of pyridine rings is 1. The highest BCUT2D eigenvalue weighted by Gasteiger charge is 2.13. The monoisotopic (exact) mass is 196 g/mol. The molecule has 0 aliphatic rings. The average molecular weight is 196 g/mol. The van der Waals surface area contributed by atoms with Gasteiger partial charge in [0.25, 0.3) is 5.69 Å². The quantitative estimate of drug-likeness (QED) is 0.532. The van der Waals surface area contributed by atoms with E-state index < -0.39 is 4.92 Å². The van der Waals surface area contributed by atoms with Crippen molar-refractivity contribution in [2.45, 2.75) is 13.0 Å². The summed E-state index contributed by atoms with van der Waals surface area (Å²) in [4.78, 5) is 13.8. The van der Waals surface area contributed by atoms with Crippen LogP contribution in [-0.2, 0) is 0 Å². The Labute approximate surface area is 81.1 Å². The summed E-state index contributed by atoms with van der Waals surface area (Å²) in [5, 5.41) is 10.4. The molecule has 6 heteroatoms. The van der Waals surface area contributed by atoms with Crippen LogP contribution in [0, 0.1) is 17.0 Å². The van der Waals surface area contributed by atoms with Crippen LogP contribution in [0.1, 0.15) is 17.3 Å². The summed E-state index contributed by atoms with van der Waals surface area (Å²) in [5.74, 6) is 0. The highest BCUT2D eigenvalue weighted by Crippen LogP contribution is 2.17. The average Bonchev–Trinajstić information content (AvgIpc) is 2.16. The Morgan fingerprint density at radius 1 is 1.71 bits per heavy atom. The molecule has 14 heavy (non-hydrogen) atoms. The van der Waals surface area contributed by atoms with Crippen molar-refractivity contribution in [3.63, 3.8) is 0 Å². The number of nitro groups is 1. The summed E-state index contributed by atoms with van der Waals surface area (Å²) in [6.45, 7) is 2.00. The largest absolute Gasteiger partial charge is 0.329 e. The molecule has 76 valence electrons. The number of aryl methyl sites for hydroxylation is 1. The number of rotatable bonds is 3. The van der Waals surface area contributed by atoms with Gasteiger partial charge < -0.3 is 11.5 Å². The van der Waals surface area contributed by atoms with E-state index in [9.17, 15) is 10.1 Å². The van der Waals surface area contributed by atoms with E-state index in [4.69, 9.17) is 11.5 Å². The Kier molecular flexibility index (Phi) is 3.10. The SMILES string of the molecule is Cc1cc([N+](=O)[O-])cnc1[C@H](N)CN. The highest BCUT2D eigenvalue weighted by molar-refractivity contribution is 5.34. The van der Waals surface area contributed by atoms with Gasteiger partial charge in [-0.2, -0.15) is 0 Å². The van der Waals surface area contributed by atoms with Crippen LogP contribution in [0.4, 0.5) is 5.69 Å². The van der Waals surface area contributed by atoms with E-state index in [1.54, 1.807) is 6.92 Å². The first-order valence-electron chi connectivity index (χ1n) is 4.13. The summed E-state index contributed by atoms with van der Waals surface area (Å²) >= 11 is 0. The van der Waals surface area contributed by atoms with Gasteiger partial charge in [-0.3, -0.25) is 15.1 Å². The van der Waals surface area contributed by atoms with Gasteiger partial charge in [0.15, 0.2) is 0 Å². The van der Waals surface area contributed by atoms with Gasteiger partial charge in [-0.15, -0.1) is 0 Å². The van der Waals surface area contributed by atoms with Crippen molar-refractivity contribution in [2.24, 2.45) is 11.5 Å². The Morgan fingerprint density at radius 2 is 2.36 bits per heavy atom. The normalized spacial score (nSPS) is 12.5. The number of aromatic nitrogens is 1. The van der Waals surface area contributed by atoms with Crippen molar-refractivity contribution in [1.82, 2.24) is 4.98 Å². The molecule has 0 unspecified atom stereocenters. The van der Waals surface area contributed by atoms with E-state index in [0.29, 0.717) is 11.3 Å². The van der Waals surface area contributed by atoms with E-state index in [1.807, 2.05) is 0 Å². The summed E-state index contributed by atoms with van der Waals surface area (Å²) in [5.41, 5.74) is 12.3. The van der Waals surface area contributed by atoms with Crippen molar-refractivity contribution in [3.8, 4) is 0 Å². The molecule has 0 aliphatic carbocycles. The standard InChI is InChI=1S/C8H12N4O2/c1-5-2-6(12(13)14)4-11-8(5)7(10)3-9/h2,4,7H,3,9-10H2,1H3/t7-/m1/s1. The minimum atomic E-state index is -0.488. The van der Waals surface area contributed by atoms with Gasteiger partial charge in [-0.05, 0) is 12.5 Å². The second-order valence-electron chi connectivity index (χ2n) is 2.99. The predicted molar refractivity (Wildman–Crippen MR) is 51.6 cm³/mol. The van der Waals surface area contributed by atoms with E-state index >= 15 is 0 Å². The molecule has 6 nitrogen and oxygen atoms in total. The van der Waals surface area contributed by atoms with Crippen molar-refractivity contribution in [2.75, 3.05) is 6.54 Å². The second-order valence-corrected chi connectivity index (χ2v) is 2.99. The van der Waals surface area contributed by atoms with Gasteiger partial charge in [-0.1, -0.05) is 0 Å². The van der Waals surface area contributed by atoms with Crippen LogP contribution in [-0.4, -0.2) is 16.5 Å². The van der Waals surface area contributed by atoms with Gasteiger partial charge in [0, 0.05) is 12.6 Å². The lowest BCUT2D eigenvalue weighted by Gasteiger charge is -2.10. The zero-order valence-corrected chi connectivity index (χ0v) is 7.80. The molecular weight excluding hydrogens is 184 g/mol. The van der Waals surface area contributed by atoms with Crippen molar-refractivity contribution in [1.29, 1.82) is 0 Å². The molecule has 0 bridgehead atoms. The maximum absolute atomic E-state index is 10.4. The van der Waals surface area contributed by atoms with Crippen LogP contribution < -0.4 is 11.5 Å². The molecule has 1 aromatic heterocycles. The van der Waals surface area contributed by atoms with Crippen LogP contribution in [0.25, 0.3) is 0 Å². The summed E-state index contributed by atoms with van der Waals surface area (Å²) < 4.78 is 0. The third-order valence-corrected chi connectivity index (χ3v) is 1.92. The molecule has 1 heterocycles. The molecule has 0 spiro atoms. The number of hydrogen-bond donors (Lipinski definition) is 2. The van der Waals surface area contributed by atoms with Crippen molar-refractivity contribution < 1.29 is 4.92 Å². The lowest BCUT2D eigenvalue weighted by molar-refractivity contribution is -0.385. The van der Waals surface area contributed by atoms with Gasteiger partial charge in [0.05, 0.1) is 16.7 Å². The molecule has 4 N–H and O–H groups in total. The fourth-order valence-corrected chi connectivity index (χ4v) is 1.17. The predicted octanol–water partition coefficient (Wildman–Crippen LogP) is 0.257. The molecule has 0 fully saturated rings. The van der Waals surface area contributed by atoms with Crippen LogP contribution in [0.2, 0.25) is 0 Å². The molecule has 1 aromatic rings. The fourth-order valence-electron chi connectivity index (χ4n) is 1.17. The van der Waals surface area contributed by atoms with Crippen LogP contribution >= 0.6 is 0 Å². The Morgan fingerprint density at radius 3 is 2.79 bits per heavy atom. The van der Waals surface area contributed by atoms with E-state index in [0.717, 1.165) is 0 Å². The molecule has 1 atom stereocenters. The van der Waals surface area contributed by atoms with Crippen LogP contribution in [0.3, 0.4) is 0 Å². The summed E-state index contributed by atoms with van der Waals surface area (Å²) in [6, 6.07) is 1.08. The van der Waals surface area contributed by atoms with Crippen molar-refractivity contribution >= 4 is 5.69 Å². The lowest BCUT2D eigenvalue weighted by atomic mass is 10.1. The van der Waals surface area contributed by atoms with Gasteiger partial charge >= 0.3 is 0 Å². The number of nitrogens with zero attached hydrogens (tertiary/aromatic N) is 2. The number of hydrogen-bond acceptors (Lipinski definition) is 5. The molecule has 0 aliphatic heterocycles. The van der Waals surface area contributed by atoms with Crippen LogP contribution in [0.15, 0.2) is 12.3 Å². The Hall–Kier alpha value is -1.53. The minimum Gasteiger partial charge on any atom is -0.329 e. The molecule has 0 aromatic carbocycles. The second kappa shape index (κ2) is 4.12. The third kappa shape index (κ3) is 2.04. The maximum Gasteiger partial charge on any atom is 0.287 e. The maximum atomic E-state index is 10.4. The Balaban J connectivity index is 3.07. The molecular formula is C8H12N4O2. The van der Waals surface area contributed by atoms with E-state index in [2.05, 4.69) is 4.98 Å².